The number of urea groups is 1. The molecule has 2 heterocycles. The Hall–Kier alpha value is -3.74. The maximum Gasteiger partial charge on any atom is 0.323 e. The third-order valence-electron chi connectivity index (χ3n) is 4.84. The summed E-state index contributed by atoms with van der Waals surface area (Å²) in [5, 5.41) is 14.0. The van der Waals surface area contributed by atoms with E-state index in [-0.39, 0.29) is 24.4 Å². The second-order valence-corrected chi connectivity index (χ2v) is 6.77. The first-order valence-corrected chi connectivity index (χ1v) is 9.49. The minimum atomic E-state index is -0.338. The number of nitrogens with zero attached hydrogens (tertiary/aromatic N) is 3. The second-order valence-electron chi connectivity index (χ2n) is 6.77. The molecule has 4 rings (SSSR count). The van der Waals surface area contributed by atoms with E-state index in [1.807, 2.05) is 66.7 Å². The molecule has 146 valence electrons. The average molecular weight is 387 g/mol. The van der Waals surface area contributed by atoms with Crippen LogP contribution in [0.15, 0.2) is 72.8 Å². The van der Waals surface area contributed by atoms with Gasteiger partial charge >= 0.3 is 6.03 Å². The summed E-state index contributed by atoms with van der Waals surface area (Å²) in [6, 6.07) is 22.2. The van der Waals surface area contributed by atoms with Gasteiger partial charge in [0.15, 0.2) is 5.82 Å². The molecule has 1 unspecified atom stereocenters. The molecular formula is C22H21N5O2. The number of benzene rings is 2. The van der Waals surface area contributed by atoms with Crippen LogP contribution in [0, 0.1) is 0 Å². The van der Waals surface area contributed by atoms with E-state index in [0.29, 0.717) is 18.9 Å². The number of amides is 3. The molecule has 1 fully saturated rings. The Morgan fingerprint density at radius 3 is 2.38 bits per heavy atom. The van der Waals surface area contributed by atoms with Crippen molar-refractivity contribution in [2.45, 2.75) is 12.5 Å². The molecule has 1 aliphatic rings. The molecule has 1 aromatic heterocycles. The summed E-state index contributed by atoms with van der Waals surface area (Å²) < 4.78 is 0. The largest absolute Gasteiger partial charge is 0.354 e. The Bertz CT molecular complexity index is 977. The van der Waals surface area contributed by atoms with Crippen molar-refractivity contribution in [1.82, 2.24) is 20.4 Å². The standard InChI is InChI=1S/C22H21N5O2/c28-21-15-19(17-9-5-2-6-10-17)27(14-13-23-21)22(29)24-20-12-11-18(25-26-20)16-7-3-1-4-8-16/h1-12,19H,13-15H2,(H,23,28)(H,24,26,29). The van der Waals surface area contributed by atoms with Crippen LogP contribution in [0.3, 0.4) is 0 Å². The van der Waals surface area contributed by atoms with Gasteiger partial charge in [-0.15, -0.1) is 10.2 Å². The number of rotatable bonds is 3. The molecule has 0 bridgehead atoms. The van der Waals surface area contributed by atoms with Gasteiger partial charge in [0.25, 0.3) is 0 Å². The Labute approximate surface area is 168 Å². The van der Waals surface area contributed by atoms with Gasteiger partial charge in [-0.05, 0) is 17.7 Å². The minimum Gasteiger partial charge on any atom is -0.354 e. The highest BCUT2D eigenvalue weighted by Crippen LogP contribution is 2.26. The van der Waals surface area contributed by atoms with E-state index in [9.17, 15) is 9.59 Å². The maximum atomic E-state index is 13.0. The topological polar surface area (TPSA) is 87.2 Å². The number of hydrogen-bond donors (Lipinski definition) is 2. The van der Waals surface area contributed by atoms with Crippen LogP contribution in [0.2, 0.25) is 0 Å². The monoisotopic (exact) mass is 387 g/mol. The molecule has 1 saturated heterocycles. The first-order valence-electron chi connectivity index (χ1n) is 9.49. The first kappa shape index (κ1) is 18.6. The molecule has 29 heavy (non-hydrogen) atoms. The van der Waals surface area contributed by atoms with E-state index < -0.39 is 0 Å². The molecule has 2 N–H and O–H groups in total. The third kappa shape index (κ3) is 4.40. The van der Waals surface area contributed by atoms with Gasteiger partial charge in [0.2, 0.25) is 5.91 Å². The summed E-state index contributed by atoms with van der Waals surface area (Å²) in [6.07, 6.45) is 0.218. The summed E-state index contributed by atoms with van der Waals surface area (Å²) in [4.78, 5) is 26.7. The van der Waals surface area contributed by atoms with Crippen molar-refractivity contribution < 1.29 is 9.59 Å². The summed E-state index contributed by atoms with van der Waals surface area (Å²) in [6.45, 7) is 0.820. The van der Waals surface area contributed by atoms with Gasteiger partial charge in [-0.1, -0.05) is 60.7 Å². The van der Waals surface area contributed by atoms with E-state index in [4.69, 9.17) is 0 Å². The van der Waals surface area contributed by atoms with Crippen molar-refractivity contribution >= 4 is 17.8 Å². The summed E-state index contributed by atoms with van der Waals surface area (Å²) in [7, 11) is 0. The molecule has 7 heteroatoms. The van der Waals surface area contributed by atoms with Gasteiger partial charge in [0, 0.05) is 18.7 Å². The fourth-order valence-corrected chi connectivity index (χ4v) is 3.39. The fourth-order valence-electron chi connectivity index (χ4n) is 3.39. The molecule has 0 radical (unpaired) electrons. The van der Waals surface area contributed by atoms with Gasteiger partial charge in [-0.3, -0.25) is 10.1 Å². The molecule has 1 atom stereocenters. The average Bonchev–Trinajstić information content (AvgIpc) is 2.97. The lowest BCUT2D eigenvalue weighted by atomic mass is 10.0. The van der Waals surface area contributed by atoms with Crippen LogP contribution in [0.5, 0.6) is 0 Å². The zero-order chi connectivity index (χ0) is 20.1. The van der Waals surface area contributed by atoms with Crippen molar-refractivity contribution in [3.63, 3.8) is 0 Å². The van der Waals surface area contributed by atoms with Crippen LogP contribution < -0.4 is 10.6 Å². The predicted molar refractivity (Wildman–Crippen MR) is 110 cm³/mol. The van der Waals surface area contributed by atoms with E-state index >= 15 is 0 Å². The summed E-state index contributed by atoms with van der Waals surface area (Å²) >= 11 is 0. The van der Waals surface area contributed by atoms with Crippen molar-refractivity contribution in [2.24, 2.45) is 0 Å². The zero-order valence-corrected chi connectivity index (χ0v) is 15.8. The Morgan fingerprint density at radius 1 is 0.966 bits per heavy atom. The third-order valence-corrected chi connectivity index (χ3v) is 4.84. The van der Waals surface area contributed by atoms with Gasteiger partial charge in [0.05, 0.1) is 18.2 Å². The SMILES string of the molecule is O=C1CC(c2ccccc2)N(C(=O)Nc2ccc(-c3ccccc3)nn2)CCN1. The lowest BCUT2D eigenvalue weighted by Crippen LogP contribution is -2.39. The van der Waals surface area contributed by atoms with E-state index in [2.05, 4.69) is 20.8 Å². The number of nitrogens with one attached hydrogen (secondary N) is 2. The van der Waals surface area contributed by atoms with Crippen molar-refractivity contribution in [3.8, 4) is 11.3 Å². The molecule has 0 saturated carbocycles. The molecule has 0 spiro atoms. The highest BCUT2D eigenvalue weighted by molar-refractivity contribution is 5.89. The summed E-state index contributed by atoms with van der Waals surface area (Å²) in [5.74, 6) is 0.297. The van der Waals surface area contributed by atoms with Gasteiger partial charge in [-0.2, -0.15) is 0 Å². The van der Waals surface area contributed by atoms with Crippen LogP contribution in [0.1, 0.15) is 18.0 Å². The van der Waals surface area contributed by atoms with Crippen molar-refractivity contribution in [2.75, 3.05) is 18.4 Å². The van der Waals surface area contributed by atoms with Crippen LogP contribution >= 0.6 is 0 Å². The normalized spacial score (nSPS) is 16.6. The van der Waals surface area contributed by atoms with Crippen molar-refractivity contribution in [3.05, 3.63) is 78.4 Å². The maximum absolute atomic E-state index is 13.0. The second kappa shape index (κ2) is 8.52. The van der Waals surface area contributed by atoms with Crippen LogP contribution in [-0.2, 0) is 4.79 Å². The predicted octanol–water partition coefficient (Wildman–Crippen LogP) is 3.24. The number of aromatic nitrogens is 2. The van der Waals surface area contributed by atoms with Gasteiger partial charge < -0.3 is 10.2 Å². The van der Waals surface area contributed by atoms with E-state index in [1.54, 1.807) is 11.0 Å². The lowest BCUT2D eigenvalue weighted by molar-refractivity contribution is -0.121. The smallest absolute Gasteiger partial charge is 0.323 e. The Morgan fingerprint density at radius 2 is 1.69 bits per heavy atom. The number of carbonyl (C=O) groups excluding carboxylic acids is 2. The van der Waals surface area contributed by atoms with Crippen molar-refractivity contribution in [1.29, 1.82) is 0 Å². The quantitative estimate of drug-likeness (QED) is 0.722. The molecule has 7 nitrogen and oxygen atoms in total. The number of anilines is 1. The lowest BCUT2D eigenvalue weighted by Gasteiger charge is -2.29. The Kier molecular flexibility index (Phi) is 5.47. The highest BCUT2D eigenvalue weighted by atomic mass is 16.2. The summed E-state index contributed by atoms with van der Waals surface area (Å²) in [5.41, 5.74) is 2.61. The molecule has 3 aromatic rings. The van der Waals surface area contributed by atoms with Crippen LogP contribution in [-0.4, -0.2) is 40.1 Å². The number of hydrogen-bond acceptors (Lipinski definition) is 4. The zero-order valence-electron chi connectivity index (χ0n) is 15.8. The van der Waals surface area contributed by atoms with Gasteiger partial charge in [0.1, 0.15) is 0 Å². The molecule has 0 aliphatic carbocycles. The Balaban J connectivity index is 1.52. The minimum absolute atomic E-state index is 0.0684. The van der Waals surface area contributed by atoms with Crippen LogP contribution in [0.25, 0.3) is 11.3 Å². The number of carbonyl (C=O) groups is 2. The molecule has 2 aromatic carbocycles. The first-order chi connectivity index (χ1) is 14.2. The van der Waals surface area contributed by atoms with E-state index in [0.717, 1.165) is 16.8 Å². The fraction of sp³-hybridized carbons (Fsp3) is 0.182. The van der Waals surface area contributed by atoms with Gasteiger partial charge in [-0.25, -0.2) is 4.79 Å². The molecular weight excluding hydrogens is 366 g/mol. The molecule has 3 amide bonds. The van der Waals surface area contributed by atoms with E-state index in [1.165, 1.54) is 0 Å². The highest BCUT2D eigenvalue weighted by Gasteiger charge is 2.30. The molecule has 1 aliphatic heterocycles. The van der Waals surface area contributed by atoms with Crippen LogP contribution in [0.4, 0.5) is 10.6 Å².